The van der Waals surface area contributed by atoms with E-state index in [0.717, 1.165) is 22.4 Å². The zero-order chi connectivity index (χ0) is 22.1. The second-order valence-electron chi connectivity index (χ2n) is 7.35. The summed E-state index contributed by atoms with van der Waals surface area (Å²) in [5, 5.41) is 11.7. The number of pyridine rings is 2. The van der Waals surface area contributed by atoms with Gasteiger partial charge in [0.05, 0.1) is 21.5 Å². The molecule has 0 radical (unpaired) electrons. The normalized spacial score (nSPS) is 10.9. The Morgan fingerprint density at radius 1 is 0.750 bits per heavy atom. The first-order valence-electron chi connectivity index (χ1n) is 10.0. The lowest BCUT2D eigenvalue weighted by atomic mass is 9.96. The summed E-state index contributed by atoms with van der Waals surface area (Å²) < 4.78 is 0. The van der Waals surface area contributed by atoms with E-state index < -0.39 is 4.92 Å². The van der Waals surface area contributed by atoms with Gasteiger partial charge in [-0.1, -0.05) is 72.8 Å². The summed E-state index contributed by atoms with van der Waals surface area (Å²) in [6.07, 6.45) is 1.56. The molecule has 0 aliphatic rings. The first kappa shape index (κ1) is 19.4. The third-order valence-electron chi connectivity index (χ3n) is 5.37. The first-order valence-corrected chi connectivity index (χ1v) is 10.0. The molecule has 0 amide bonds. The molecule has 0 bridgehead atoms. The van der Waals surface area contributed by atoms with Crippen molar-refractivity contribution in [2.24, 2.45) is 0 Å². The topological polar surface area (TPSA) is 88.9 Å². The Morgan fingerprint density at radius 2 is 1.41 bits per heavy atom. The number of hydrogen-bond donors (Lipinski definition) is 1. The molecule has 0 fully saturated rings. The van der Waals surface area contributed by atoms with Gasteiger partial charge in [0.25, 0.3) is 11.2 Å². The number of fused-ring (bicyclic) bond motifs is 1. The molecule has 0 aliphatic carbocycles. The summed E-state index contributed by atoms with van der Waals surface area (Å²) in [4.78, 5) is 31.3. The number of non-ortho nitro benzene ring substituents is 1. The Balaban J connectivity index is 1.85. The average molecular weight is 419 g/mol. The van der Waals surface area contributed by atoms with Gasteiger partial charge < -0.3 is 4.98 Å². The van der Waals surface area contributed by atoms with Crippen LogP contribution in [0.2, 0.25) is 0 Å². The van der Waals surface area contributed by atoms with Crippen LogP contribution >= 0.6 is 0 Å². The van der Waals surface area contributed by atoms with Crippen LogP contribution in [0.1, 0.15) is 0 Å². The van der Waals surface area contributed by atoms with E-state index >= 15 is 0 Å². The minimum atomic E-state index is -0.437. The van der Waals surface area contributed by atoms with Crippen molar-refractivity contribution in [1.29, 1.82) is 0 Å². The smallest absolute Gasteiger partial charge is 0.270 e. The third kappa shape index (κ3) is 3.44. The standard InChI is InChI=1S/C26H17N3O3/c30-26-22-15-21(17-8-3-1-4-9-17)24(18-10-5-2-6-11-18)28-25(22)23(16-27-26)19-12-7-13-20(14-19)29(31)32/h1-16H,(H,27,30). The molecule has 32 heavy (non-hydrogen) atoms. The highest BCUT2D eigenvalue weighted by Gasteiger charge is 2.17. The molecule has 1 N–H and O–H groups in total. The highest BCUT2D eigenvalue weighted by atomic mass is 16.6. The average Bonchev–Trinajstić information content (AvgIpc) is 2.85. The lowest BCUT2D eigenvalue weighted by Crippen LogP contribution is -2.08. The zero-order valence-electron chi connectivity index (χ0n) is 16.9. The van der Waals surface area contributed by atoms with E-state index in [1.165, 1.54) is 12.1 Å². The van der Waals surface area contributed by atoms with Gasteiger partial charge in [-0.25, -0.2) is 4.98 Å². The summed E-state index contributed by atoms with van der Waals surface area (Å²) in [6.45, 7) is 0. The van der Waals surface area contributed by atoms with Crippen LogP contribution in [0, 0.1) is 10.1 Å². The molecule has 5 rings (SSSR count). The first-order chi connectivity index (χ1) is 15.6. The van der Waals surface area contributed by atoms with Crippen molar-refractivity contribution in [2.45, 2.75) is 0 Å². The second-order valence-corrected chi connectivity index (χ2v) is 7.35. The molecule has 6 heteroatoms. The summed E-state index contributed by atoms with van der Waals surface area (Å²) in [6, 6.07) is 27.7. The molecule has 5 aromatic rings. The van der Waals surface area contributed by atoms with Crippen LogP contribution in [0.15, 0.2) is 102 Å². The molecule has 6 nitrogen and oxygen atoms in total. The van der Waals surface area contributed by atoms with Crippen LogP contribution in [0.5, 0.6) is 0 Å². The Bertz CT molecular complexity index is 1510. The van der Waals surface area contributed by atoms with Crippen LogP contribution in [0.4, 0.5) is 5.69 Å². The largest absolute Gasteiger partial charge is 0.328 e. The van der Waals surface area contributed by atoms with Gasteiger partial charge in [0.15, 0.2) is 0 Å². The Kier molecular flexibility index (Phi) is 4.80. The molecule has 2 aromatic heterocycles. The number of aromatic nitrogens is 2. The van der Waals surface area contributed by atoms with E-state index in [9.17, 15) is 14.9 Å². The molecule has 0 saturated heterocycles. The number of nitro groups is 1. The molecule has 3 aromatic carbocycles. The summed E-state index contributed by atoms with van der Waals surface area (Å²) in [5.74, 6) is 0. The van der Waals surface area contributed by atoms with Crippen molar-refractivity contribution in [2.75, 3.05) is 0 Å². The molecule has 154 valence electrons. The lowest BCUT2D eigenvalue weighted by molar-refractivity contribution is -0.384. The molecule has 0 spiro atoms. The molecular weight excluding hydrogens is 402 g/mol. The van der Waals surface area contributed by atoms with E-state index in [1.54, 1.807) is 18.3 Å². The molecule has 0 saturated carbocycles. The monoisotopic (exact) mass is 419 g/mol. The van der Waals surface area contributed by atoms with Crippen LogP contribution in [-0.2, 0) is 0 Å². The third-order valence-corrected chi connectivity index (χ3v) is 5.37. The highest BCUT2D eigenvalue weighted by Crippen LogP contribution is 2.35. The van der Waals surface area contributed by atoms with Gasteiger partial charge >= 0.3 is 0 Å². The predicted octanol–water partition coefficient (Wildman–Crippen LogP) is 5.83. The summed E-state index contributed by atoms with van der Waals surface area (Å²) >= 11 is 0. The van der Waals surface area contributed by atoms with Crippen LogP contribution in [0.25, 0.3) is 44.4 Å². The number of nitro benzene ring substituents is 1. The van der Waals surface area contributed by atoms with Crippen LogP contribution < -0.4 is 5.56 Å². The number of hydrogen-bond acceptors (Lipinski definition) is 4. The van der Waals surface area contributed by atoms with Gasteiger partial charge in [0.1, 0.15) is 0 Å². The molecular formula is C26H17N3O3. The summed E-state index contributed by atoms with van der Waals surface area (Å²) in [7, 11) is 0. The highest BCUT2D eigenvalue weighted by molar-refractivity contribution is 5.98. The minimum absolute atomic E-state index is 0.0222. The Labute approximate surface area is 183 Å². The molecule has 0 atom stereocenters. The van der Waals surface area contributed by atoms with Crippen molar-refractivity contribution >= 4 is 16.6 Å². The van der Waals surface area contributed by atoms with Gasteiger partial charge in [0.2, 0.25) is 0 Å². The maximum absolute atomic E-state index is 12.8. The number of nitrogens with one attached hydrogen (secondary N) is 1. The number of rotatable bonds is 4. The van der Waals surface area contributed by atoms with Crippen molar-refractivity contribution < 1.29 is 4.92 Å². The molecule has 0 unspecified atom stereocenters. The quantitative estimate of drug-likeness (QED) is 0.293. The maximum atomic E-state index is 12.8. The van der Waals surface area contributed by atoms with Crippen LogP contribution in [-0.4, -0.2) is 14.9 Å². The van der Waals surface area contributed by atoms with E-state index in [2.05, 4.69) is 4.98 Å². The number of H-pyrrole nitrogens is 1. The van der Waals surface area contributed by atoms with Crippen molar-refractivity contribution in [3.63, 3.8) is 0 Å². The number of aromatic amines is 1. The van der Waals surface area contributed by atoms with Crippen molar-refractivity contribution in [3.8, 4) is 33.5 Å². The maximum Gasteiger partial charge on any atom is 0.270 e. The lowest BCUT2D eigenvalue weighted by Gasteiger charge is -2.13. The van der Waals surface area contributed by atoms with Gasteiger partial charge in [-0.2, -0.15) is 0 Å². The van der Waals surface area contributed by atoms with E-state index in [-0.39, 0.29) is 11.2 Å². The summed E-state index contributed by atoms with van der Waals surface area (Å²) in [5.41, 5.74) is 4.88. The minimum Gasteiger partial charge on any atom is -0.328 e. The zero-order valence-corrected chi connectivity index (χ0v) is 16.9. The van der Waals surface area contributed by atoms with Gasteiger partial charge in [-0.05, 0) is 17.2 Å². The molecule has 0 aliphatic heterocycles. The number of nitrogens with zero attached hydrogens (tertiary/aromatic N) is 2. The van der Waals surface area contributed by atoms with Gasteiger partial charge in [-0.15, -0.1) is 0 Å². The Hall–Kier alpha value is -4.58. The van der Waals surface area contributed by atoms with E-state index in [1.807, 2.05) is 66.7 Å². The van der Waals surface area contributed by atoms with Crippen molar-refractivity contribution in [3.05, 3.63) is 118 Å². The number of benzene rings is 3. The van der Waals surface area contributed by atoms with Crippen molar-refractivity contribution in [1.82, 2.24) is 9.97 Å². The fourth-order valence-electron chi connectivity index (χ4n) is 3.84. The molecule has 2 heterocycles. The second kappa shape index (κ2) is 7.92. The fourth-order valence-corrected chi connectivity index (χ4v) is 3.84. The fraction of sp³-hybridized carbons (Fsp3) is 0. The predicted molar refractivity (Wildman–Crippen MR) is 125 cm³/mol. The SMILES string of the molecule is O=c1[nH]cc(-c2cccc([N+](=O)[O-])c2)c2nc(-c3ccccc3)c(-c3ccccc3)cc12. The van der Waals surface area contributed by atoms with Gasteiger partial charge in [-0.3, -0.25) is 14.9 Å². The Morgan fingerprint density at radius 3 is 2.09 bits per heavy atom. The van der Waals surface area contributed by atoms with E-state index in [0.29, 0.717) is 22.0 Å². The van der Waals surface area contributed by atoms with Crippen LogP contribution in [0.3, 0.4) is 0 Å². The van der Waals surface area contributed by atoms with E-state index in [4.69, 9.17) is 4.98 Å². The van der Waals surface area contributed by atoms with Gasteiger partial charge in [0, 0.05) is 35.0 Å².